The first-order chi connectivity index (χ1) is 11.2. The van der Waals surface area contributed by atoms with Crippen molar-refractivity contribution < 1.29 is 9.21 Å². The fourth-order valence-electron chi connectivity index (χ4n) is 3.20. The number of rotatable bonds is 5. The maximum absolute atomic E-state index is 12.4. The third kappa shape index (κ3) is 4.13. The summed E-state index contributed by atoms with van der Waals surface area (Å²) in [5, 5.41) is 0. The van der Waals surface area contributed by atoms with Gasteiger partial charge in [0.25, 0.3) is 0 Å². The lowest BCUT2D eigenvalue weighted by Crippen LogP contribution is -2.34. The Balaban J connectivity index is 1.57. The molecule has 120 valence electrons. The molecular formula is C20H23NO2. The van der Waals surface area contributed by atoms with E-state index in [2.05, 4.69) is 24.3 Å². The fourth-order valence-corrected chi connectivity index (χ4v) is 3.20. The first-order valence-corrected chi connectivity index (χ1v) is 8.31. The molecule has 0 bridgehead atoms. The van der Waals surface area contributed by atoms with Gasteiger partial charge in [-0.05, 0) is 56.4 Å². The summed E-state index contributed by atoms with van der Waals surface area (Å²) in [5.41, 5.74) is 1.34. The summed E-state index contributed by atoms with van der Waals surface area (Å²) < 4.78 is 5.47. The lowest BCUT2D eigenvalue weighted by molar-refractivity contribution is -0.126. The molecule has 2 aromatic rings. The third-order valence-corrected chi connectivity index (χ3v) is 4.42. The van der Waals surface area contributed by atoms with E-state index >= 15 is 0 Å². The molecule has 1 aromatic heterocycles. The SMILES string of the molecule is Cc1ccc(/C=C/C(=O)N2CCCC2CCc2ccccc2)o1. The second kappa shape index (κ2) is 7.32. The van der Waals surface area contributed by atoms with Crippen LogP contribution in [0.2, 0.25) is 0 Å². The van der Waals surface area contributed by atoms with Gasteiger partial charge in [-0.2, -0.15) is 0 Å². The molecule has 1 saturated heterocycles. The maximum Gasteiger partial charge on any atom is 0.246 e. The highest BCUT2D eigenvalue weighted by molar-refractivity contribution is 5.91. The van der Waals surface area contributed by atoms with Crippen LogP contribution in [-0.4, -0.2) is 23.4 Å². The van der Waals surface area contributed by atoms with E-state index in [0.29, 0.717) is 6.04 Å². The number of hydrogen-bond donors (Lipinski definition) is 0. The van der Waals surface area contributed by atoms with Crippen molar-refractivity contribution in [2.75, 3.05) is 6.54 Å². The van der Waals surface area contributed by atoms with Crippen LogP contribution in [-0.2, 0) is 11.2 Å². The number of likely N-dealkylation sites (tertiary alicyclic amines) is 1. The summed E-state index contributed by atoms with van der Waals surface area (Å²) in [5.74, 6) is 1.68. The molecule has 1 fully saturated rings. The van der Waals surface area contributed by atoms with Gasteiger partial charge in [-0.1, -0.05) is 30.3 Å². The van der Waals surface area contributed by atoms with Gasteiger partial charge in [0.05, 0.1) is 0 Å². The van der Waals surface area contributed by atoms with E-state index in [9.17, 15) is 4.79 Å². The van der Waals surface area contributed by atoms with Crippen molar-refractivity contribution in [3.63, 3.8) is 0 Å². The second-order valence-electron chi connectivity index (χ2n) is 6.13. The molecule has 0 saturated carbocycles. The number of benzene rings is 1. The summed E-state index contributed by atoms with van der Waals surface area (Å²) in [6, 6.07) is 14.6. The fraction of sp³-hybridized carbons (Fsp3) is 0.350. The zero-order chi connectivity index (χ0) is 16.1. The van der Waals surface area contributed by atoms with Crippen LogP contribution in [0.4, 0.5) is 0 Å². The molecule has 1 atom stereocenters. The van der Waals surface area contributed by atoms with E-state index in [4.69, 9.17) is 4.42 Å². The number of carbonyl (C=O) groups excluding carboxylic acids is 1. The van der Waals surface area contributed by atoms with Gasteiger partial charge in [-0.15, -0.1) is 0 Å². The number of nitrogens with zero attached hydrogens (tertiary/aromatic N) is 1. The molecule has 1 amide bonds. The smallest absolute Gasteiger partial charge is 0.246 e. The van der Waals surface area contributed by atoms with Crippen LogP contribution in [0.3, 0.4) is 0 Å². The van der Waals surface area contributed by atoms with Gasteiger partial charge in [-0.3, -0.25) is 4.79 Å². The van der Waals surface area contributed by atoms with Gasteiger partial charge in [0.15, 0.2) is 0 Å². The molecular weight excluding hydrogens is 286 g/mol. The van der Waals surface area contributed by atoms with Crippen LogP contribution in [0.15, 0.2) is 53.0 Å². The maximum atomic E-state index is 12.4. The number of aryl methyl sites for hydroxylation is 2. The predicted molar refractivity (Wildman–Crippen MR) is 92.0 cm³/mol. The first kappa shape index (κ1) is 15.6. The quantitative estimate of drug-likeness (QED) is 0.775. The zero-order valence-electron chi connectivity index (χ0n) is 13.6. The second-order valence-corrected chi connectivity index (χ2v) is 6.13. The summed E-state index contributed by atoms with van der Waals surface area (Å²) >= 11 is 0. The average Bonchev–Trinajstić information content (AvgIpc) is 3.20. The molecule has 2 heterocycles. The van der Waals surface area contributed by atoms with Crippen LogP contribution in [0, 0.1) is 6.92 Å². The number of hydrogen-bond acceptors (Lipinski definition) is 2. The van der Waals surface area contributed by atoms with Crippen LogP contribution >= 0.6 is 0 Å². The molecule has 0 N–H and O–H groups in total. The minimum absolute atomic E-state index is 0.0922. The summed E-state index contributed by atoms with van der Waals surface area (Å²) in [6.45, 7) is 2.76. The van der Waals surface area contributed by atoms with Gasteiger partial charge in [0.2, 0.25) is 5.91 Å². The minimum Gasteiger partial charge on any atom is -0.462 e. The Bertz CT molecular complexity index is 672. The van der Waals surface area contributed by atoms with Gasteiger partial charge in [-0.25, -0.2) is 0 Å². The summed E-state index contributed by atoms with van der Waals surface area (Å²) in [7, 11) is 0. The van der Waals surface area contributed by atoms with Crippen molar-refractivity contribution in [3.05, 3.63) is 65.6 Å². The van der Waals surface area contributed by atoms with Gasteiger partial charge in [0, 0.05) is 18.7 Å². The third-order valence-electron chi connectivity index (χ3n) is 4.42. The first-order valence-electron chi connectivity index (χ1n) is 8.31. The monoisotopic (exact) mass is 309 g/mol. The molecule has 23 heavy (non-hydrogen) atoms. The highest BCUT2D eigenvalue weighted by Crippen LogP contribution is 2.22. The highest BCUT2D eigenvalue weighted by Gasteiger charge is 2.26. The Labute approximate surface area is 137 Å². The van der Waals surface area contributed by atoms with Crippen molar-refractivity contribution in [3.8, 4) is 0 Å². The van der Waals surface area contributed by atoms with Crippen molar-refractivity contribution in [2.24, 2.45) is 0 Å². The Hall–Kier alpha value is -2.29. The van der Waals surface area contributed by atoms with E-state index < -0.39 is 0 Å². The van der Waals surface area contributed by atoms with E-state index in [1.165, 1.54) is 5.56 Å². The Morgan fingerprint density at radius 1 is 1.26 bits per heavy atom. The molecule has 1 aliphatic heterocycles. The molecule has 0 spiro atoms. The van der Waals surface area contributed by atoms with Crippen molar-refractivity contribution in [2.45, 2.75) is 38.6 Å². The Kier molecular flexibility index (Phi) is 4.96. The van der Waals surface area contributed by atoms with Gasteiger partial charge in [0.1, 0.15) is 11.5 Å². The zero-order valence-corrected chi connectivity index (χ0v) is 13.6. The molecule has 0 aliphatic carbocycles. The van der Waals surface area contributed by atoms with Crippen molar-refractivity contribution in [1.82, 2.24) is 4.90 Å². The summed E-state index contributed by atoms with van der Waals surface area (Å²) in [4.78, 5) is 14.5. The standard InChI is InChI=1S/C20H23NO2/c1-16-9-12-19(23-16)13-14-20(22)21-15-5-8-18(21)11-10-17-6-3-2-4-7-17/h2-4,6-7,9,12-14,18H,5,8,10-11,15H2,1H3/b14-13+. The Morgan fingerprint density at radius 3 is 2.83 bits per heavy atom. The topological polar surface area (TPSA) is 33.5 Å². The average molecular weight is 309 g/mol. The Morgan fingerprint density at radius 2 is 2.09 bits per heavy atom. The molecule has 1 aliphatic rings. The molecule has 3 heteroatoms. The van der Waals surface area contributed by atoms with E-state index in [1.807, 2.05) is 30.0 Å². The summed E-state index contributed by atoms with van der Waals surface area (Å²) in [6.07, 6.45) is 7.66. The lowest BCUT2D eigenvalue weighted by Gasteiger charge is -2.23. The van der Waals surface area contributed by atoms with E-state index in [0.717, 1.165) is 43.7 Å². The largest absolute Gasteiger partial charge is 0.462 e. The minimum atomic E-state index is 0.0922. The van der Waals surface area contributed by atoms with Crippen molar-refractivity contribution in [1.29, 1.82) is 0 Å². The number of carbonyl (C=O) groups is 1. The van der Waals surface area contributed by atoms with Gasteiger partial charge < -0.3 is 9.32 Å². The molecule has 3 rings (SSSR count). The van der Waals surface area contributed by atoms with Crippen LogP contribution in [0.25, 0.3) is 6.08 Å². The number of furan rings is 1. The van der Waals surface area contributed by atoms with Crippen molar-refractivity contribution >= 4 is 12.0 Å². The molecule has 0 radical (unpaired) electrons. The lowest BCUT2D eigenvalue weighted by atomic mass is 10.0. The predicted octanol–water partition coefficient (Wildman–Crippen LogP) is 4.23. The highest BCUT2D eigenvalue weighted by atomic mass is 16.3. The van der Waals surface area contributed by atoms with E-state index in [1.54, 1.807) is 12.2 Å². The van der Waals surface area contributed by atoms with Gasteiger partial charge >= 0.3 is 0 Å². The molecule has 1 aromatic carbocycles. The van der Waals surface area contributed by atoms with Crippen LogP contribution < -0.4 is 0 Å². The van der Waals surface area contributed by atoms with E-state index in [-0.39, 0.29) is 5.91 Å². The van der Waals surface area contributed by atoms with Crippen LogP contribution in [0.1, 0.15) is 36.3 Å². The number of amides is 1. The van der Waals surface area contributed by atoms with Crippen LogP contribution in [0.5, 0.6) is 0 Å². The molecule has 1 unspecified atom stereocenters. The normalized spacial score (nSPS) is 18.0. The molecule has 3 nitrogen and oxygen atoms in total.